The highest BCUT2D eigenvalue weighted by Crippen LogP contribution is 2.28. The van der Waals surface area contributed by atoms with E-state index in [1.54, 1.807) is 0 Å². The molecule has 0 bridgehead atoms. The Morgan fingerprint density at radius 1 is 1.21 bits per heavy atom. The van der Waals surface area contributed by atoms with Crippen LogP contribution in [0.5, 0.6) is 0 Å². The molecule has 0 amide bonds. The van der Waals surface area contributed by atoms with Gasteiger partial charge in [-0.3, -0.25) is 0 Å². The van der Waals surface area contributed by atoms with Gasteiger partial charge in [0.1, 0.15) is 0 Å². The Kier molecular flexibility index (Phi) is 3.49. The summed E-state index contributed by atoms with van der Waals surface area (Å²) < 4.78 is 36.4. The molecule has 1 rings (SSSR count). The maximum Gasteiger partial charge on any atom is 0.416 e. The zero-order chi connectivity index (χ0) is 10.6. The molecule has 1 N–H and O–H groups in total. The van der Waals surface area contributed by atoms with Gasteiger partial charge in [0.25, 0.3) is 0 Å². The molecule has 78 valence electrons. The number of hydrogen-bond donors (Lipinski definition) is 1. The van der Waals surface area contributed by atoms with Crippen molar-refractivity contribution in [2.75, 3.05) is 7.11 Å². The van der Waals surface area contributed by atoms with Crippen LogP contribution < -0.4 is 5.48 Å². The summed E-state index contributed by atoms with van der Waals surface area (Å²) in [4.78, 5) is 4.57. The van der Waals surface area contributed by atoms with Crippen LogP contribution in [0.1, 0.15) is 11.1 Å². The van der Waals surface area contributed by atoms with Crippen LogP contribution >= 0.6 is 0 Å². The molecule has 0 fully saturated rings. The highest BCUT2D eigenvalue weighted by molar-refractivity contribution is 5.24. The average molecular weight is 205 g/mol. The molecular weight excluding hydrogens is 195 g/mol. The normalized spacial score (nSPS) is 11.7. The van der Waals surface area contributed by atoms with Gasteiger partial charge in [0.2, 0.25) is 0 Å². The van der Waals surface area contributed by atoms with Crippen molar-refractivity contribution in [1.82, 2.24) is 5.48 Å². The van der Waals surface area contributed by atoms with Crippen LogP contribution in [0, 0.1) is 0 Å². The number of rotatable bonds is 3. The van der Waals surface area contributed by atoms with E-state index in [-0.39, 0.29) is 0 Å². The Bertz CT molecular complexity index is 281. The Morgan fingerprint density at radius 2 is 1.79 bits per heavy atom. The Hall–Kier alpha value is -1.07. The fourth-order valence-corrected chi connectivity index (χ4v) is 0.967. The van der Waals surface area contributed by atoms with Crippen LogP contribution in [0.2, 0.25) is 0 Å². The van der Waals surface area contributed by atoms with Crippen molar-refractivity contribution in [3.8, 4) is 0 Å². The quantitative estimate of drug-likeness (QED) is 0.765. The Labute approximate surface area is 79.6 Å². The molecule has 0 unspecified atom stereocenters. The van der Waals surface area contributed by atoms with Gasteiger partial charge in [-0.25, -0.2) is 0 Å². The second-order valence-corrected chi connectivity index (χ2v) is 2.72. The van der Waals surface area contributed by atoms with Gasteiger partial charge in [-0.15, -0.1) is 0 Å². The number of hydrogen-bond acceptors (Lipinski definition) is 2. The topological polar surface area (TPSA) is 21.3 Å². The summed E-state index contributed by atoms with van der Waals surface area (Å²) in [5.74, 6) is 0. The molecule has 0 radical (unpaired) electrons. The van der Waals surface area contributed by atoms with Gasteiger partial charge < -0.3 is 4.84 Å². The molecule has 2 nitrogen and oxygen atoms in total. The predicted octanol–water partition coefficient (Wildman–Crippen LogP) is 2.36. The van der Waals surface area contributed by atoms with Crippen LogP contribution in [-0.4, -0.2) is 7.11 Å². The van der Waals surface area contributed by atoms with E-state index in [0.717, 1.165) is 17.7 Å². The molecule has 0 spiro atoms. The average Bonchev–Trinajstić information content (AvgIpc) is 2.14. The fourth-order valence-electron chi connectivity index (χ4n) is 0.967. The molecule has 0 aromatic heterocycles. The van der Waals surface area contributed by atoms with Crippen LogP contribution in [0.3, 0.4) is 0 Å². The third-order valence-electron chi connectivity index (χ3n) is 1.70. The molecule has 0 aliphatic carbocycles. The smallest absolute Gasteiger partial charge is 0.305 e. The van der Waals surface area contributed by atoms with Crippen molar-refractivity contribution in [3.63, 3.8) is 0 Å². The molecule has 0 saturated heterocycles. The van der Waals surface area contributed by atoms with Crippen LogP contribution in [0.25, 0.3) is 0 Å². The Balaban J connectivity index is 2.69. The van der Waals surface area contributed by atoms with Crippen molar-refractivity contribution < 1.29 is 18.0 Å². The van der Waals surface area contributed by atoms with Gasteiger partial charge in [0.15, 0.2) is 0 Å². The minimum atomic E-state index is -4.27. The number of hydroxylamine groups is 1. The molecule has 0 atom stereocenters. The summed E-state index contributed by atoms with van der Waals surface area (Å²) in [7, 11) is 1.45. The Morgan fingerprint density at radius 3 is 2.21 bits per heavy atom. The molecule has 0 saturated carbocycles. The van der Waals surface area contributed by atoms with E-state index < -0.39 is 11.7 Å². The molecule has 5 heteroatoms. The minimum Gasteiger partial charge on any atom is -0.305 e. The standard InChI is InChI=1S/C9H10F3NO/c1-14-13-6-7-2-4-8(5-3-7)9(10,11)12/h2-5,13H,6H2,1H3. The van der Waals surface area contributed by atoms with Crippen molar-refractivity contribution in [2.24, 2.45) is 0 Å². The summed E-state index contributed by atoms with van der Waals surface area (Å²) in [6.45, 7) is 0.384. The molecule has 0 aliphatic rings. The molecule has 1 aromatic carbocycles. The van der Waals surface area contributed by atoms with E-state index in [1.165, 1.54) is 19.2 Å². The maximum atomic E-state index is 12.1. The number of halogens is 3. The lowest BCUT2D eigenvalue weighted by Gasteiger charge is -2.07. The molecule has 0 heterocycles. The first-order chi connectivity index (χ1) is 6.54. The minimum absolute atomic E-state index is 0.384. The van der Waals surface area contributed by atoms with Gasteiger partial charge in [-0.2, -0.15) is 18.7 Å². The first-order valence-electron chi connectivity index (χ1n) is 3.96. The number of nitrogens with one attached hydrogen (secondary N) is 1. The lowest BCUT2D eigenvalue weighted by molar-refractivity contribution is -0.137. The molecule has 14 heavy (non-hydrogen) atoms. The molecule has 1 aromatic rings. The summed E-state index contributed by atoms with van der Waals surface area (Å²) in [5.41, 5.74) is 2.64. The van der Waals surface area contributed by atoms with E-state index in [4.69, 9.17) is 0 Å². The van der Waals surface area contributed by atoms with Gasteiger partial charge >= 0.3 is 6.18 Å². The van der Waals surface area contributed by atoms with Crippen LogP contribution in [0.4, 0.5) is 13.2 Å². The summed E-state index contributed by atoms with van der Waals surface area (Å²) in [6, 6.07) is 4.92. The van der Waals surface area contributed by atoms with E-state index in [0.29, 0.717) is 6.54 Å². The first kappa shape index (κ1) is 11.0. The number of alkyl halides is 3. The summed E-state index contributed by atoms with van der Waals surface area (Å²) in [5, 5.41) is 0. The van der Waals surface area contributed by atoms with E-state index in [2.05, 4.69) is 10.3 Å². The van der Waals surface area contributed by atoms with E-state index in [9.17, 15) is 13.2 Å². The van der Waals surface area contributed by atoms with Crippen molar-refractivity contribution >= 4 is 0 Å². The van der Waals surface area contributed by atoms with E-state index in [1.807, 2.05) is 0 Å². The van der Waals surface area contributed by atoms with Crippen LogP contribution in [0.15, 0.2) is 24.3 Å². The second-order valence-electron chi connectivity index (χ2n) is 2.72. The fraction of sp³-hybridized carbons (Fsp3) is 0.333. The molecule has 0 aliphatic heterocycles. The third kappa shape index (κ3) is 3.01. The highest BCUT2D eigenvalue weighted by atomic mass is 19.4. The lowest BCUT2D eigenvalue weighted by Crippen LogP contribution is -2.11. The zero-order valence-corrected chi connectivity index (χ0v) is 7.56. The van der Waals surface area contributed by atoms with Crippen molar-refractivity contribution in [3.05, 3.63) is 35.4 Å². The predicted molar refractivity (Wildman–Crippen MR) is 45.3 cm³/mol. The van der Waals surface area contributed by atoms with Gasteiger partial charge in [-0.05, 0) is 17.7 Å². The molecular formula is C9H10F3NO. The van der Waals surface area contributed by atoms with Gasteiger partial charge in [0.05, 0.1) is 12.7 Å². The zero-order valence-electron chi connectivity index (χ0n) is 7.56. The van der Waals surface area contributed by atoms with E-state index >= 15 is 0 Å². The highest BCUT2D eigenvalue weighted by Gasteiger charge is 2.29. The second kappa shape index (κ2) is 4.43. The third-order valence-corrected chi connectivity index (χ3v) is 1.70. The SMILES string of the molecule is CONCc1ccc(C(F)(F)F)cc1. The number of benzene rings is 1. The maximum absolute atomic E-state index is 12.1. The largest absolute Gasteiger partial charge is 0.416 e. The van der Waals surface area contributed by atoms with Gasteiger partial charge in [0, 0.05) is 6.54 Å². The monoisotopic (exact) mass is 205 g/mol. The summed E-state index contributed by atoms with van der Waals surface area (Å²) >= 11 is 0. The van der Waals surface area contributed by atoms with Gasteiger partial charge in [-0.1, -0.05) is 12.1 Å². The van der Waals surface area contributed by atoms with Crippen molar-refractivity contribution in [2.45, 2.75) is 12.7 Å². The first-order valence-corrected chi connectivity index (χ1v) is 3.96. The van der Waals surface area contributed by atoms with Crippen LogP contribution in [-0.2, 0) is 17.6 Å². The lowest BCUT2D eigenvalue weighted by atomic mass is 10.1. The van der Waals surface area contributed by atoms with Crippen molar-refractivity contribution in [1.29, 1.82) is 0 Å². The summed E-state index contributed by atoms with van der Waals surface area (Å²) in [6.07, 6.45) is -4.27.